The smallest absolute Gasteiger partial charge is 0.407 e. The zero-order valence-corrected chi connectivity index (χ0v) is 12.7. The molecule has 0 atom stereocenters. The Hall–Kier alpha value is -1.69. The molecule has 0 saturated carbocycles. The van der Waals surface area contributed by atoms with E-state index in [4.69, 9.17) is 4.74 Å². The van der Waals surface area contributed by atoms with Gasteiger partial charge in [0, 0.05) is 24.7 Å². The van der Waals surface area contributed by atoms with Crippen LogP contribution in [0.4, 0.5) is 4.79 Å². The van der Waals surface area contributed by atoms with Gasteiger partial charge in [0.25, 0.3) is 0 Å². The number of pyridine rings is 1. The first-order chi connectivity index (χ1) is 9.46. The molecule has 2 heterocycles. The van der Waals surface area contributed by atoms with E-state index in [1.165, 1.54) is 0 Å². The summed E-state index contributed by atoms with van der Waals surface area (Å²) >= 11 is 1.67. The van der Waals surface area contributed by atoms with Gasteiger partial charge in [-0.05, 0) is 32.9 Å². The Morgan fingerprint density at radius 2 is 2.25 bits per heavy atom. The molecule has 1 amide bonds. The fraction of sp³-hybridized carbons (Fsp3) is 0.429. The predicted octanol–water partition coefficient (Wildman–Crippen LogP) is 2.95. The van der Waals surface area contributed by atoms with Crippen molar-refractivity contribution in [1.29, 1.82) is 0 Å². The normalized spacial score (nSPS) is 11.6. The number of nitrogens with zero attached hydrogens (tertiary/aromatic N) is 2. The summed E-state index contributed by atoms with van der Waals surface area (Å²) in [7, 11) is 0. The summed E-state index contributed by atoms with van der Waals surface area (Å²) in [6.07, 6.45) is 3.33. The minimum absolute atomic E-state index is 0.376. The maximum absolute atomic E-state index is 11.5. The van der Waals surface area contributed by atoms with Gasteiger partial charge in [-0.15, -0.1) is 11.8 Å². The third-order valence-electron chi connectivity index (χ3n) is 2.41. The molecule has 1 N–H and O–H groups in total. The summed E-state index contributed by atoms with van der Waals surface area (Å²) in [5.41, 5.74) is 0.467. The van der Waals surface area contributed by atoms with Crippen molar-refractivity contribution in [2.24, 2.45) is 0 Å². The molecule has 5 nitrogen and oxygen atoms in total. The SMILES string of the molecule is CC(C)(C)OC(=O)NCCSc1cccc2nccn12. The predicted molar refractivity (Wildman–Crippen MR) is 80.2 cm³/mol. The van der Waals surface area contributed by atoms with Crippen molar-refractivity contribution >= 4 is 23.5 Å². The number of fused-ring (bicyclic) bond motifs is 1. The highest BCUT2D eigenvalue weighted by Crippen LogP contribution is 2.18. The third-order valence-corrected chi connectivity index (χ3v) is 3.45. The van der Waals surface area contributed by atoms with E-state index >= 15 is 0 Å². The maximum atomic E-state index is 11.5. The van der Waals surface area contributed by atoms with E-state index in [2.05, 4.69) is 10.3 Å². The first-order valence-electron chi connectivity index (χ1n) is 6.47. The van der Waals surface area contributed by atoms with Gasteiger partial charge in [0.1, 0.15) is 11.2 Å². The minimum atomic E-state index is -0.459. The number of hydrogen-bond donors (Lipinski definition) is 1. The number of carbonyl (C=O) groups excluding carboxylic acids is 1. The average Bonchev–Trinajstić information content (AvgIpc) is 2.81. The molecule has 0 unspecified atom stereocenters. The van der Waals surface area contributed by atoms with Crippen LogP contribution in [-0.4, -0.2) is 33.4 Å². The number of amides is 1. The van der Waals surface area contributed by atoms with Gasteiger partial charge in [-0.25, -0.2) is 9.78 Å². The average molecular weight is 293 g/mol. The van der Waals surface area contributed by atoms with Gasteiger partial charge >= 0.3 is 6.09 Å². The van der Waals surface area contributed by atoms with Crippen molar-refractivity contribution in [3.63, 3.8) is 0 Å². The number of aromatic nitrogens is 2. The topological polar surface area (TPSA) is 55.6 Å². The Morgan fingerprint density at radius 1 is 1.45 bits per heavy atom. The van der Waals surface area contributed by atoms with E-state index in [0.29, 0.717) is 6.54 Å². The molecule has 0 aliphatic rings. The number of thioether (sulfide) groups is 1. The Labute approximate surface area is 122 Å². The second-order valence-corrected chi connectivity index (χ2v) is 6.41. The number of rotatable bonds is 4. The Balaban J connectivity index is 1.79. The van der Waals surface area contributed by atoms with Crippen molar-refractivity contribution < 1.29 is 9.53 Å². The molecule has 2 rings (SSSR count). The molecule has 2 aromatic heterocycles. The van der Waals surface area contributed by atoms with Crippen LogP contribution < -0.4 is 5.32 Å². The van der Waals surface area contributed by atoms with E-state index < -0.39 is 5.60 Å². The van der Waals surface area contributed by atoms with Crippen molar-refractivity contribution in [3.05, 3.63) is 30.6 Å². The molecule has 20 heavy (non-hydrogen) atoms. The van der Waals surface area contributed by atoms with Gasteiger partial charge in [-0.2, -0.15) is 0 Å². The highest BCUT2D eigenvalue weighted by molar-refractivity contribution is 7.99. The minimum Gasteiger partial charge on any atom is -0.444 e. The number of alkyl carbamates (subject to hydrolysis) is 1. The van der Waals surface area contributed by atoms with Crippen LogP contribution in [0.1, 0.15) is 20.8 Å². The van der Waals surface area contributed by atoms with Crippen molar-refractivity contribution in [1.82, 2.24) is 14.7 Å². The molecular formula is C14H19N3O2S. The maximum Gasteiger partial charge on any atom is 0.407 e. The van der Waals surface area contributed by atoms with Crippen LogP contribution in [0.25, 0.3) is 5.65 Å². The highest BCUT2D eigenvalue weighted by Gasteiger charge is 2.15. The van der Waals surface area contributed by atoms with Crippen molar-refractivity contribution in [3.8, 4) is 0 Å². The van der Waals surface area contributed by atoms with Gasteiger partial charge in [-0.1, -0.05) is 6.07 Å². The second-order valence-electron chi connectivity index (χ2n) is 5.30. The first-order valence-corrected chi connectivity index (χ1v) is 7.46. The van der Waals surface area contributed by atoms with Gasteiger partial charge in [0.2, 0.25) is 0 Å². The Kier molecular flexibility index (Phi) is 4.54. The summed E-state index contributed by atoms with van der Waals surface area (Å²) in [5, 5.41) is 3.85. The van der Waals surface area contributed by atoms with Gasteiger partial charge in [-0.3, -0.25) is 4.40 Å². The monoisotopic (exact) mass is 293 g/mol. The highest BCUT2D eigenvalue weighted by atomic mass is 32.2. The molecule has 0 fully saturated rings. The van der Waals surface area contributed by atoms with Crippen LogP contribution in [0.5, 0.6) is 0 Å². The lowest BCUT2D eigenvalue weighted by Crippen LogP contribution is -2.33. The van der Waals surface area contributed by atoms with Gasteiger partial charge in [0.05, 0.1) is 5.03 Å². The van der Waals surface area contributed by atoms with E-state index in [-0.39, 0.29) is 6.09 Å². The lowest BCUT2D eigenvalue weighted by Gasteiger charge is -2.19. The van der Waals surface area contributed by atoms with Crippen LogP contribution in [0, 0.1) is 0 Å². The number of nitrogens with one attached hydrogen (secondary N) is 1. The lowest BCUT2D eigenvalue weighted by atomic mass is 10.2. The summed E-state index contributed by atoms with van der Waals surface area (Å²) in [6.45, 7) is 6.11. The molecule has 6 heteroatoms. The zero-order chi connectivity index (χ0) is 14.6. The molecule has 0 saturated heterocycles. The Morgan fingerprint density at radius 3 is 3.00 bits per heavy atom. The number of hydrogen-bond acceptors (Lipinski definition) is 4. The van der Waals surface area contributed by atoms with E-state index in [1.807, 2.05) is 49.6 Å². The largest absolute Gasteiger partial charge is 0.444 e. The third kappa shape index (κ3) is 4.16. The summed E-state index contributed by atoms with van der Waals surface area (Å²) < 4.78 is 7.20. The van der Waals surface area contributed by atoms with E-state index in [0.717, 1.165) is 16.4 Å². The molecule has 108 valence electrons. The summed E-state index contributed by atoms with van der Waals surface area (Å²) in [4.78, 5) is 15.7. The molecule has 0 radical (unpaired) electrons. The van der Waals surface area contributed by atoms with Gasteiger partial charge in [0.15, 0.2) is 0 Å². The van der Waals surface area contributed by atoms with Crippen molar-refractivity contribution in [2.45, 2.75) is 31.4 Å². The number of carbonyl (C=O) groups is 1. The quantitative estimate of drug-likeness (QED) is 0.695. The standard InChI is InChI=1S/C14H19N3O2S/c1-14(2,3)19-13(18)16-8-10-20-12-6-4-5-11-15-7-9-17(11)12/h4-7,9H,8,10H2,1-3H3,(H,16,18). The zero-order valence-electron chi connectivity index (χ0n) is 11.9. The molecule has 0 aliphatic heterocycles. The Bertz CT molecular complexity index is 589. The van der Waals surface area contributed by atoms with Crippen LogP contribution in [0.15, 0.2) is 35.6 Å². The number of imidazole rings is 1. The fourth-order valence-corrected chi connectivity index (χ4v) is 2.54. The van der Waals surface area contributed by atoms with Crippen molar-refractivity contribution in [2.75, 3.05) is 12.3 Å². The molecule has 0 aromatic carbocycles. The molecule has 0 spiro atoms. The first kappa shape index (κ1) is 14.7. The van der Waals surface area contributed by atoms with E-state index in [1.54, 1.807) is 18.0 Å². The molecule has 0 aliphatic carbocycles. The fourth-order valence-electron chi connectivity index (χ4n) is 1.66. The van der Waals surface area contributed by atoms with Crippen LogP contribution in [-0.2, 0) is 4.74 Å². The van der Waals surface area contributed by atoms with Crippen LogP contribution in [0.2, 0.25) is 0 Å². The second kappa shape index (κ2) is 6.17. The summed E-state index contributed by atoms with van der Waals surface area (Å²) in [6, 6.07) is 5.97. The molecular weight excluding hydrogens is 274 g/mol. The summed E-state index contributed by atoms with van der Waals surface area (Å²) in [5.74, 6) is 0.774. The molecule has 0 bridgehead atoms. The molecule has 2 aromatic rings. The van der Waals surface area contributed by atoms with Gasteiger partial charge < -0.3 is 10.1 Å². The lowest BCUT2D eigenvalue weighted by molar-refractivity contribution is 0.0531. The van der Waals surface area contributed by atoms with E-state index in [9.17, 15) is 4.79 Å². The van der Waals surface area contributed by atoms with Crippen LogP contribution >= 0.6 is 11.8 Å². The number of ether oxygens (including phenoxy) is 1. The van der Waals surface area contributed by atoms with Crippen LogP contribution in [0.3, 0.4) is 0 Å².